The largest absolute Gasteiger partial charge is 0.480 e. The number of unbranched alkanes of at least 4 members (excludes halogenated alkanes) is 14. The van der Waals surface area contributed by atoms with Gasteiger partial charge >= 0.3 is 17.9 Å². The van der Waals surface area contributed by atoms with Crippen LogP contribution >= 0.6 is 0 Å². The van der Waals surface area contributed by atoms with Crippen molar-refractivity contribution in [2.45, 2.75) is 116 Å². The van der Waals surface area contributed by atoms with E-state index in [2.05, 4.69) is 21.3 Å². The molecule has 0 bridgehead atoms. The normalized spacial score (nSPS) is 11.5. The average Bonchev–Trinajstić information content (AvgIpc) is 3.74. The summed E-state index contributed by atoms with van der Waals surface area (Å²) in [6.45, 7) is 12.9. The first kappa shape index (κ1) is 92.6. The number of nitrogens with one attached hydrogen (secondary N) is 4. The molecule has 0 fully saturated rings. The maximum absolute atomic E-state index is 12.8. The number of carboxylic acid groups (broad SMARTS) is 3. The molecule has 0 rings (SSSR count). The number of hydrogen-bond donors (Lipinski definition) is 7. The van der Waals surface area contributed by atoms with Crippen molar-refractivity contribution in [3.8, 4) is 0 Å². The van der Waals surface area contributed by atoms with Crippen molar-refractivity contribution in [3.05, 3.63) is 0 Å². The molecular formula is C66H127N7O24. The summed E-state index contributed by atoms with van der Waals surface area (Å²) in [6.07, 6.45) is 16.0. The molecule has 0 atom stereocenters. The zero-order valence-corrected chi connectivity index (χ0v) is 59.1. The van der Waals surface area contributed by atoms with E-state index in [1.165, 1.54) is 14.7 Å². The van der Waals surface area contributed by atoms with Crippen molar-refractivity contribution in [2.75, 3.05) is 271 Å². The number of carbonyl (C=O) groups excluding carboxylic acids is 4. The summed E-state index contributed by atoms with van der Waals surface area (Å²) >= 11 is 0. The van der Waals surface area contributed by atoms with Gasteiger partial charge in [-0.25, -0.2) is 0 Å². The number of amides is 4. The Labute approximate surface area is 577 Å². The quantitative estimate of drug-likeness (QED) is 0.0429. The van der Waals surface area contributed by atoms with Gasteiger partial charge in [-0.1, -0.05) is 77.0 Å². The lowest BCUT2D eigenvalue weighted by atomic mass is 10.1. The third-order valence-electron chi connectivity index (χ3n) is 14.3. The number of aliphatic carboxylic acids is 3. The molecule has 0 unspecified atom stereocenters. The number of rotatable bonds is 80. The smallest absolute Gasteiger partial charge is 0.317 e. The monoisotopic (exact) mass is 1400 g/mol. The molecule has 0 aliphatic carbocycles. The number of nitrogens with zero attached hydrogens (tertiary/aromatic N) is 3. The lowest BCUT2D eigenvalue weighted by molar-refractivity contribution is -0.141. The van der Waals surface area contributed by atoms with Crippen LogP contribution in [0.15, 0.2) is 0 Å². The van der Waals surface area contributed by atoms with E-state index in [-0.39, 0.29) is 62.9 Å². The maximum Gasteiger partial charge on any atom is 0.317 e. The second-order valence-corrected chi connectivity index (χ2v) is 22.8. The minimum atomic E-state index is -1.15. The van der Waals surface area contributed by atoms with E-state index in [1.54, 1.807) is 14.2 Å². The highest BCUT2D eigenvalue weighted by atomic mass is 16.6. The fourth-order valence-corrected chi connectivity index (χ4v) is 9.14. The van der Waals surface area contributed by atoms with E-state index in [4.69, 9.17) is 66.3 Å². The van der Waals surface area contributed by atoms with Gasteiger partial charge in [-0.2, -0.15) is 0 Å². The summed E-state index contributed by atoms with van der Waals surface area (Å²) < 4.78 is 75.2. The number of ether oxygens (including phenoxy) is 14. The van der Waals surface area contributed by atoms with Crippen LogP contribution < -0.4 is 21.3 Å². The molecule has 0 aromatic carbocycles. The zero-order chi connectivity index (χ0) is 70.8. The Morgan fingerprint density at radius 2 is 0.443 bits per heavy atom. The molecule has 0 aliphatic rings. The van der Waals surface area contributed by atoms with Gasteiger partial charge in [0, 0.05) is 79.4 Å². The van der Waals surface area contributed by atoms with Crippen molar-refractivity contribution in [1.29, 1.82) is 0 Å². The molecule has 0 saturated carbocycles. The Bertz CT molecular complexity index is 1720. The third-order valence-corrected chi connectivity index (χ3v) is 14.3. The van der Waals surface area contributed by atoms with Crippen LogP contribution in [-0.4, -0.2) is 343 Å². The molecule has 0 heterocycles. The summed E-state index contributed by atoms with van der Waals surface area (Å²) in [5.41, 5.74) is 0. The fourth-order valence-electron chi connectivity index (χ4n) is 9.14. The van der Waals surface area contributed by atoms with Crippen LogP contribution in [-0.2, 0) is 99.9 Å². The summed E-state index contributed by atoms with van der Waals surface area (Å²) in [7, 11) is 3.26. The molecule has 0 radical (unpaired) electrons. The predicted molar refractivity (Wildman–Crippen MR) is 361 cm³/mol. The Morgan fingerprint density at radius 3 is 0.701 bits per heavy atom. The molecular weight excluding hydrogens is 1270 g/mol. The zero-order valence-electron chi connectivity index (χ0n) is 59.1. The van der Waals surface area contributed by atoms with E-state index < -0.39 is 37.5 Å². The fraction of sp³-hybridized carbons (Fsp3) is 0.894. The van der Waals surface area contributed by atoms with Crippen LogP contribution in [0.25, 0.3) is 0 Å². The Morgan fingerprint density at radius 1 is 0.237 bits per heavy atom. The minimum Gasteiger partial charge on any atom is -0.480 e. The lowest BCUT2D eigenvalue weighted by Crippen LogP contribution is -2.47. The van der Waals surface area contributed by atoms with Crippen molar-refractivity contribution < 1.29 is 115 Å². The van der Waals surface area contributed by atoms with Crippen molar-refractivity contribution in [2.24, 2.45) is 0 Å². The van der Waals surface area contributed by atoms with Gasteiger partial charge in [0.25, 0.3) is 0 Å². The molecule has 7 N–H and O–H groups in total. The lowest BCUT2D eigenvalue weighted by Gasteiger charge is -2.28. The number of hydrogen-bond acceptors (Lipinski definition) is 24. The number of methoxy groups -OCH3 is 2. The van der Waals surface area contributed by atoms with Crippen LogP contribution in [0, 0.1) is 0 Å². The van der Waals surface area contributed by atoms with Gasteiger partial charge in [0.1, 0.15) is 0 Å². The molecule has 0 aliphatic heterocycles. The molecule has 97 heavy (non-hydrogen) atoms. The first-order chi connectivity index (χ1) is 47.4. The highest BCUT2D eigenvalue weighted by Crippen LogP contribution is 2.11. The molecule has 0 aromatic rings. The molecule has 31 nitrogen and oxygen atoms in total. The molecule has 0 aromatic heterocycles. The van der Waals surface area contributed by atoms with E-state index in [9.17, 15) is 48.9 Å². The van der Waals surface area contributed by atoms with E-state index in [1.807, 2.05) is 0 Å². The summed E-state index contributed by atoms with van der Waals surface area (Å²) in [5, 5.41) is 40.3. The second kappa shape index (κ2) is 74.3. The van der Waals surface area contributed by atoms with Gasteiger partial charge < -0.3 is 103 Å². The van der Waals surface area contributed by atoms with Gasteiger partial charge in [0.2, 0.25) is 23.6 Å². The summed E-state index contributed by atoms with van der Waals surface area (Å²) in [4.78, 5) is 89.7. The molecule has 0 spiro atoms. The van der Waals surface area contributed by atoms with Crippen LogP contribution in [0.1, 0.15) is 116 Å². The Kier molecular flexibility index (Phi) is 70.9. The first-order valence-electron chi connectivity index (χ1n) is 35.2. The topological polar surface area (TPSA) is 367 Å². The van der Waals surface area contributed by atoms with Crippen molar-refractivity contribution in [3.63, 3.8) is 0 Å². The van der Waals surface area contributed by atoms with E-state index in [0.29, 0.717) is 211 Å². The minimum absolute atomic E-state index is 0.00413. The molecule has 4 amide bonds. The van der Waals surface area contributed by atoms with E-state index >= 15 is 0 Å². The third kappa shape index (κ3) is 74.1. The molecule has 31 heteroatoms. The van der Waals surface area contributed by atoms with Crippen LogP contribution in [0.5, 0.6) is 0 Å². The highest BCUT2D eigenvalue weighted by Gasteiger charge is 2.20. The maximum atomic E-state index is 12.8. The summed E-state index contributed by atoms with van der Waals surface area (Å²) in [6, 6.07) is 0. The van der Waals surface area contributed by atoms with Gasteiger partial charge in [-0.15, -0.1) is 0 Å². The molecule has 0 saturated heterocycles. The standard InChI is InChI=1S/C66H127N7O24/c1-84-31-33-88-39-41-92-47-49-96-53-51-94-45-43-90-37-35-86-29-23-69-60(74)19-15-11-7-3-5-9-13-17-21-67-62(76)55-72(58-65(80)81)27-25-71(57-64(78)79)26-28-73(59-66(82)83)56-63(77)68-22-18-14-10-6-4-8-12-16-20-61(75)70-24-30-87-36-38-91-44-46-95-52-54-97-50-48-93-42-40-89-34-32-85-2/h3-59H2,1-2H3,(H,67,76)(H,68,77)(H,69,74)(H,70,75)(H,78,79)(H,80,81)(H,82,83). The average molecular weight is 1400 g/mol. The van der Waals surface area contributed by atoms with Crippen LogP contribution in [0.2, 0.25) is 0 Å². The summed E-state index contributed by atoms with van der Waals surface area (Å²) in [5.74, 6) is -4.13. The number of carboxylic acids is 3. The van der Waals surface area contributed by atoms with Gasteiger partial charge in [0.15, 0.2) is 0 Å². The van der Waals surface area contributed by atoms with Gasteiger partial charge in [-0.05, 0) is 25.7 Å². The molecule has 570 valence electrons. The Balaban J connectivity index is 4.03. The van der Waals surface area contributed by atoms with Gasteiger partial charge in [0.05, 0.1) is 205 Å². The van der Waals surface area contributed by atoms with Crippen LogP contribution in [0.4, 0.5) is 0 Å². The number of carbonyl (C=O) groups is 7. The van der Waals surface area contributed by atoms with Crippen molar-refractivity contribution in [1.82, 2.24) is 36.0 Å². The SMILES string of the molecule is COCCOCCOCCOCCOCCOCCOCCNC(=O)CCCCCCCCCCNC(=O)CN(CCN(CCN(CC(=O)O)CC(=O)NCCCCCCCCCCC(=O)NCCOCCOCCOCCOCCOCCOCCOC)CC(=O)O)CC(=O)O. The first-order valence-corrected chi connectivity index (χ1v) is 35.2. The van der Waals surface area contributed by atoms with Crippen LogP contribution in [0.3, 0.4) is 0 Å². The van der Waals surface area contributed by atoms with E-state index in [0.717, 1.165) is 103 Å². The second-order valence-electron chi connectivity index (χ2n) is 22.8. The Hall–Kier alpha value is -4.39. The predicted octanol–water partition coefficient (Wildman–Crippen LogP) is 2.12. The highest BCUT2D eigenvalue weighted by molar-refractivity contribution is 5.79. The van der Waals surface area contributed by atoms with Gasteiger partial charge in [-0.3, -0.25) is 48.3 Å². The van der Waals surface area contributed by atoms with Crippen molar-refractivity contribution >= 4 is 41.5 Å².